The second-order valence-electron chi connectivity index (χ2n) is 4.97. The fourth-order valence-electron chi connectivity index (χ4n) is 2.31. The Morgan fingerprint density at radius 3 is 2.87 bits per heavy atom. The first kappa shape index (κ1) is 16.5. The molecule has 1 aliphatic heterocycles. The van der Waals surface area contributed by atoms with E-state index in [-0.39, 0.29) is 23.4 Å². The zero-order chi connectivity index (χ0) is 16.7. The fourth-order valence-corrected chi connectivity index (χ4v) is 2.31. The number of likely N-dealkylation sites (tertiary alicyclic amines) is 1. The van der Waals surface area contributed by atoms with Crippen molar-refractivity contribution in [2.75, 3.05) is 25.0 Å². The first-order valence-corrected chi connectivity index (χ1v) is 7.33. The number of anilines is 1. The molecule has 9 heteroatoms. The van der Waals surface area contributed by atoms with Crippen LogP contribution in [0.5, 0.6) is 0 Å². The Labute approximate surface area is 133 Å². The Kier molecular flexibility index (Phi) is 5.68. The lowest BCUT2D eigenvalue weighted by atomic mass is 9.96. The molecule has 0 spiro atoms. The molecule has 2 rings (SSSR count). The number of amides is 1. The third-order valence-corrected chi connectivity index (χ3v) is 3.52. The zero-order valence-electron chi connectivity index (χ0n) is 12.8. The van der Waals surface area contributed by atoms with Gasteiger partial charge in [-0.15, -0.1) is 0 Å². The van der Waals surface area contributed by atoms with Gasteiger partial charge in [0.1, 0.15) is 18.0 Å². The van der Waals surface area contributed by atoms with Crippen LogP contribution in [0.15, 0.2) is 18.1 Å². The van der Waals surface area contributed by atoms with Crippen LogP contribution < -0.4 is 5.32 Å². The van der Waals surface area contributed by atoms with E-state index >= 15 is 0 Å². The number of nitrogens with one attached hydrogen (secondary N) is 2. The Morgan fingerprint density at radius 2 is 2.30 bits per heavy atom. The van der Waals surface area contributed by atoms with Gasteiger partial charge in [0.25, 0.3) is 5.91 Å². The number of hydrogen-bond acceptors (Lipinski definition) is 7. The van der Waals surface area contributed by atoms with Crippen molar-refractivity contribution in [2.24, 2.45) is 5.92 Å². The number of aromatic nitrogens is 3. The Morgan fingerprint density at radius 1 is 1.57 bits per heavy atom. The van der Waals surface area contributed by atoms with Crippen LogP contribution in [0.1, 0.15) is 19.8 Å². The molecule has 0 unspecified atom stereocenters. The molecule has 2 N–H and O–H groups in total. The summed E-state index contributed by atoms with van der Waals surface area (Å²) in [4.78, 5) is 29.4. The highest BCUT2D eigenvalue weighted by Gasteiger charge is 2.29. The van der Waals surface area contributed by atoms with Crippen molar-refractivity contribution < 1.29 is 14.3 Å². The summed E-state index contributed by atoms with van der Waals surface area (Å²) in [6, 6.07) is 1.87. The molecule has 23 heavy (non-hydrogen) atoms. The third-order valence-electron chi connectivity index (χ3n) is 3.52. The van der Waals surface area contributed by atoms with Crippen molar-refractivity contribution in [2.45, 2.75) is 19.8 Å². The number of rotatable bonds is 5. The first-order chi connectivity index (χ1) is 11.2. The summed E-state index contributed by atoms with van der Waals surface area (Å²) in [6.45, 7) is 2.96. The second-order valence-corrected chi connectivity index (χ2v) is 4.97. The molecular weight excluding hydrogens is 300 g/mol. The third kappa shape index (κ3) is 4.29. The van der Waals surface area contributed by atoms with Crippen molar-refractivity contribution in [1.82, 2.24) is 20.1 Å². The van der Waals surface area contributed by atoms with Crippen LogP contribution in [0.25, 0.3) is 0 Å². The molecule has 1 amide bonds. The van der Waals surface area contributed by atoms with Crippen LogP contribution in [0.2, 0.25) is 0 Å². The summed E-state index contributed by atoms with van der Waals surface area (Å²) in [5.74, 6) is -0.433. The number of carbonyl (C=O) groups is 2. The number of nitrogens with zero attached hydrogens (tertiary/aromatic N) is 4. The summed E-state index contributed by atoms with van der Waals surface area (Å²) in [7, 11) is 0. The first-order valence-electron chi connectivity index (χ1n) is 7.33. The minimum absolute atomic E-state index is 0.0315. The maximum Gasteiger partial charge on any atom is 0.309 e. The maximum atomic E-state index is 12.3. The SMILES string of the molecule is CCOC(=O)C1CCN(C(=O)/C(C#N)=C\Nc2ncn[nH]2)CC1. The number of nitriles is 1. The van der Waals surface area contributed by atoms with Crippen molar-refractivity contribution in [3.63, 3.8) is 0 Å². The number of H-pyrrole nitrogens is 1. The largest absolute Gasteiger partial charge is 0.466 e. The van der Waals surface area contributed by atoms with Gasteiger partial charge in [-0.2, -0.15) is 15.3 Å². The van der Waals surface area contributed by atoms with Crippen molar-refractivity contribution in [1.29, 1.82) is 5.26 Å². The lowest BCUT2D eigenvalue weighted by Gasteiger charge is -2.30. The number of piperidine rings is 1. The van der Waals surface area contributed by atoms with E-state index in [4.69, 9.17) is 10.00 Å². The number of carbonyl (C=O) groups excluding carboxylic acids is 2. The van der Waals surface area contributed by atoms with E-state index < -0.39 is 0 Å². The van der Waals surface area contributed by atoms with Crippen LogP contribution in [0, 0.1) is 17.2 Å². The van der Waals surface area contributed by atoms with E-state index in [1.54, 1.807) is 11.8 Å². The molecule has 1 fully saturated rings. The quantitative estimate of drug-likeness (QED) is 0.458. The van der Waals surface area contributed by atoms with Gasteiger partial charge in [0.05, 0.1) is 12.5 Å². The topological polar surface area (TPSA) is 124 Å². The fraction of sp³-hybridized carbons (Fsp3) is 0.500. The Hall–Kier alpha value is -2.89. The molecule has 0 bridgehead atoms. The van der Waals surface area contributed by atoms with E-state index in [1.807, 2.05) is 6.07 Å². The van der Waals surface area contributed by atoms with Gasteiger partial charge in [-0.05, 0) is 19.8 Å². The molecule has 1 aliphatic rings. The van der Waals surface area contributed by atoms with Gasteiger partial charge < -0.3 is 15.0 Å². The van der Waals surface area contributed by atoms with Crippen molar-refractivity contribution in [3.8, 4) is 6.07 Å². The molecule has 0 saturated carbocycles. The van der Waals surface area contributed by atoms with E-state index in [0.29, 0.717) is 38.5 Å². The van der Waals surface area contributed by atoms with Crippen LogP contribution in [0.4, 0.5) is 5.95 Å². The van der Waals surface area contributed by atoms with Gasteiger partial charge in [0.15, 0.2) is 0 Å². The second kappa shape index (κ2) is 7.93. The lowest BCUT2D eigenvalue weighted by molar-refractivity contribution is -0.150. The number of aromatic amines is 1. The van der Waals surface area contributed by atoms with E-state index in [1.165, 1.54) is 12.5 Å². The molecule has 0 aromatic carbocycles. The smallest absolute Gasteiger partial charge is 0.309 e. The molecular formula is C14H18N6O3. The normalized spacial score (nSPS) is 15.8. The molecule has 1 saturated heterocycles. The molecule has 9 nitrogen and oxygen atoms in total. The van der Waals surface area contributed by atoms with Gasteiger partial charge in [-0.25, -0.2) is 5.10 Å². The van der Waals surface area contributed by atoms with E-state index in [9.17, 15) is 9.59 Å². The molecule has 0 radical (unpaired) electrons. The Bertz CT molecular complexity index is 611. The van der Waals surface area contributed by atoms with Gasteiger partial charge in [0.2, 0.25) is 5.95 Å². The maximum absolute atomic E-state index is 12.3. The summed E-state index contributed by atoms with van der Waals surface area (Å²) in [5.41, 5.74) is -0.0315. The lowest BCUT2D eigenvalue weighted by Crippen LogP contribution is -2.41. The van der Waals surface area contributed by atoms with Crippen LogP contribution in [-0.4, -0.2) is 51.7 Å². The number of hydrogen-bond donors (Lipinski definition) is 2. The summed E-state index contributed by atoms with van der Waals surface area (Å²) in [5, 5.41) is 18.1. The highest BCUT2D eigenvalue weighted by atomic mass is 16.5. The summed E-state index contributed by atoms with van der Waals surface area (Å²) in [6.07, 6.45) is 3.68. The molecule has 0 atom stereocenters. The zero-order valence-corrected chi connectivity index (χ0v) is 12.8. The highest BCUT2D eigenvalue weighted by Crippen LogP contribution is 2.20. The molecule has 2 heterocycles. The van der Waals surface area contributed by atoms with E-state index in [0.717, 1.165) is 0 Å². The monoisotopic (exact) mass is 318 g/mol. The van der Waals surface area contributed by atoms with Gasteiger partial charge in [0, 0.05) is 19.3 Å². The molecule has 0 aliphatic carbocycles. The molecule has 1 aromatic heterocycles. The number of ether oxygens (including phenoxy) is 1. The minimum atomic E-state index is -0.373. The summed E-state index contributed by atoms with van der Waals surface area (Å²) < 4.78 is 4.99. The average molecular weight is 318 g/mol. The standard InChI is InChI=1S/C14H18N6O3/c1-2-23-13(22)10-3-5-20(6-4-10)12(21)11(7-15)8-16-14-17-9-18-19-14/h8-10H,2-6H2,1H3,(H2,16,17,18,19)/b11-8-. The molecule has 1 aromatic rings. The van der Waals surface area contributed by atoms with Gasteiger partial charge >= 0.3 is 5.97 Å². The van der Waals surface area contributed by atoms with Crippen LogP contribution in [-0.2, 0) is 14.3 Å². The van der Waals surface area contributed by atoms with Crippen molar-refractivity contribution in [3.05, 3.63) is 18.1 Å². The molecule has 122 valence electrons. The van der Waals surface area contributed by atoms with Crippen molar-refractivity contribution >= 4 is 17.8 Å². The Balaban J connectivity index is 1.91. The van der Waals surface area contributed by atoms with Crippen LogP contribution >= 0.6 is 0 Å². The van der Waals surface area contributed by atoms with Crippen LogP contribution in [0.3, 0.4) is 0 Å². The van der Waals surface area contributed by atoms with E-state index in [2.05, 4.69) is 20.5 Å². The van der Waals surface area contributed by atoms with Gasteiger partial charge in [-0.1, -0.05) is 0 Å². The predicted molar refractivity (Wildman–Crippen MR) is 79.6 cm³/mol. The number of esters is 1. The average Bonchev–Trinajstić information content (AvgIpc) is 3.09. The minimum Gasteiger partial charge on any atom is -0.466 e. The predicted octanol–water partition coefficient (Wildman–Crippen LogP) is 0.426. The van der Waals surface area contributed by atoms with Gasteiger partial charge in [-0.3, -0.25) is 9.59 Å². The summed E-state index contributed by atoms with van der Waals surface area (Å²) >= 11 is 0. The highest BCUT2D eigenvalue weighted by molar-refractivity contribution is 5.97.